The quantitative estimate of drug-likeness (QED) is 0.646. The van der Waals surface area contributed by atoms with Gasteiger partial charge in [-0.1, -0.05) is 12.7 Å². The van der Waals surface area contributed by atoms with E-state index in [0.717, 1.165) is 0 Å². The molecular formula is C7H7NO2. The molecule has 2 N–H and O–H groups in total. The number of carboxylic acid groups (broad SMARTS) is 1. The van der Waals surface area contributed by atoms with Crippen molar-refractivity contribution in [2.45, 2.75) is 0 Å². The number of aromatic nitrogens is 1. The third-order valence-corrected chi connectivity index (χ3v) is 1.23. The number of rotatable bonds is 2. The van der Waals surface area contributed by atoms with Crippen LogP contribution in [0.3, 0.4) is 0 Å². The molecule has 1 aromatic rings. The van der Waals surface area contributed by atoms with E-state index in [1.807, 2.05) is 0 Å². The summed E-state index contributed by atoms with van der Waals surface area (Å²) in [6.45, 7) is 3.46. The van der Waals surface area contributed by atoms with Gasteiger partial charge >= 0.3 is 5.97 Å². The van der Waals surface area contributed by atoms with E-state index in [-0.39, 0.29) is 5.56 Å². The molecule has 1 rings (SSSR count). The fourth-order valence-electron chi connectivity index (χ4n) is 0.730. The second-order valence-corrected chi connectivity index (χ2v) is 1.83. The van der Waals surface area contributed by atoms with Crippen molar-refractivity contribution in [2.24, 2.45) is 0 Å². The van der Waals surface area contributed by atoms with Crippen LogP contribution in [0, 0.1) is 0 Å². The van der Waals surface area contributed by atoms with Crippen molar-refractivity contribution in [3.8, 4) is 0 Å². The summed E-state index contributed by atoms with van der Waals surface area (Å²) in [7, 11) is 0. The molecule has 0 bridgehead atoms. The highest BCUT2D eigenvalue weighted by atomic mass is 16.4. The van der Waals surface area contributed by atoms with Crippen LogP contribution in [-0.2, 0) is 0 Å². The first-order chi connectivity index (χ1) is 4.75. The van der Waals surface area contributed by atoms with Crippen LogP contribution in [0.15, 0.2) is 19.0 Å². The number of carbonyl (C=O) groups is 1. The smallest absolute Gasteiger partial charge is 0.337 e. The standard InChI is InChI=1S/C7H7NO2/c1-2-5-3-8-4-6(5)7(9)10/h2-4,8H,1H2,(H,9,10). The Labute approximate surface area is 58.0 Å². The Kier molecular flexibility index (Phi) is 1.58. The van der Waals surface area contributed by atoms with E-state index in [1.165, 1.54) is 12.3 Å². The highest BCUT2D eigenvalue weighted by Gasteiger charge is 2.06. The average Bonchev–Trinajstić information content (AvgIpc) is 2.33. The number of nitrogens with one attached hydrogen (secondary N) is 1. The van der Waals surface area contributed by atoms with E-state index < -0.39 is 5.97 Å². The van der Waals surface area contributed by atoms with Gasteiger partial charge in [0.25, 0.3) is 0 Å². The Hall–Kier alpha value is -1.51. The van der Waals surface area contributed by atoms with E-state index in [4.69, 9.17) is 5.11 Å². The van der Waals surface area contributed by atoms with Crippen LogP contribution in [0.1, 0.15) is 15.9 Å². The third kappa shape index (κ3) is 0.932. The predicted octanol–water partition coefficient (Wildman–Crippen LogP) is 1.36. The number of hydrogen-bond acceptors (Lipinski definition) is 1. The van der Waals surface area contributed by atoms with Gasteiger partial charge in [-0.05, 0) is 0 Å². The number of carboxylic acids is 1. The number of aromatic amines is 1. The molecule has 10 heavy (non-hydrogen) atoms. The van der Waals surface area contributed by atoms with E-state index in [2.05, 4.69) is 11.6 Å². The minimum absolute atomic E-state index is 0.259. The lowest BCUT2D eigenvalue weighted by Crippen LogP contribution is -1.94. The van der Waals surface area contributed by atoms with Crippen molar-refractivity contribution in [1.29, 1.82) is 0 Å². The van der Waals surface area contributed by atoms with Gasteiger partial charge in [-0.15, -0.1) is 0 Å². The Morgan fingerprint density at radius 1 is 1.70 bits per heavy atom. The Morgan fingerprint density at radius 3 is 2.80 bits per heavy atom. The van der Waals surface area contributed by atoms with E-state index in [0.29, 0.717) is 5.56 Å². The topological polar surface area (TPSA) is 53.1 Å². The molecule has 1 aromatic heterocycles. The summed E-state index contributed by atoms with van der Waals surface area (Å²) in [6.07, 6.45) is 4.52. The lowest BCUT2D eigenvalue weighted by atomic mass is 10.2. The molecule has 0 saturated carbocycles. The highest BCUT2D eigenvalue weighted by Crippen LogP contribution is 2.07. The van der Waals surface area contributed by atoms with Crippen LogP contribution >= 0.6 is 0 Å². The molecule has 0 aliphatic heterocycles. The van der Waals surface area contributed by atoms with Crippen molar-refractivity contribution in [1.82, 2.24) is 4.98 Å². The van der Waals surface area contributed by atoms with Crippen molar-refractivity contribution in [3.63, 3.8) is 0 Å². The zero-order valence-electron chi connectivity index (χ0n) is 5.29. The van der Waals surface area contributed by atoms with E-state index >= 15 is 0 Å². The number of aromatic carboxylic acids is 1. The van der Waals surface area contributed by atoms with Gasteiger partial charge in [0, 0.05) is 18.0 Å². The summed E-state index contributed by atoms with van der Waals surface area (Å²) >= 11 is 0. The van der Waals surface area contributed by atoms with Gasteiger partial charge in [0.05, 0.1) is 5.56 Å². The molecule has 0 aliphatic rings. The van der Waals surface area contributed by atoms with Gasteiger partial charge in [-0.25, -0.2) is 4.79 Å². The van der Waals surface area contributed by atoms with Crippen molar-refractivity contribution < 1.29 is 9.90 Å². The first-order valence-electron chi connectivity index (χ1n) is 2.78. The van der Waals surface area contributed by atoms with Gasteiger partial charge in [0.2, 0.25) is 0 Å². The molecule has 3 nitrogen and oxygen atoms in total. The van der Waals surface area contributed by atoms with Gasteiger partial charge < -0.3 is 10.1 Å². The summed E-state index contributed by atoms with van der Waals surface area (Å²) in [5.41, 5.74) is 0.877. The Bertz CT molecular complexity index is 262. The maximum atomic E-state index is 10.4. The Balaban J connectivity index is 3.13. The molecule has 0 unspecified atom stereocenters. The maximum absolute atomic E-state index is 10.4. The predicted molar refractivity (Wildman–Crippen MR) is 37.8 cm³/mol. The first kappa shape index (κ1) is 6.61. The van der Waals surface area contributed by atoms with Gasteiger partial charge in [-0.3, -0.25) is 0 Å². The SMILES string of the molecule is C=Cc1c[nH]cc1C(=O)O. The molecule has 0 atom stereocenters. The normalized spacial score (nSPS) is 9.20. The number of hydrogen-bond donors (Lipinski definition) is 2. The summed E-state index contributed by atoms with van der Waals surface area (Å²) in [6, 6.07) is 0. The zero-order chi connectivity index (χ0) is 7.56. The molecule has 0 aromatic carbocycles. The summed E-state index contributed by atoms with van der Waals surface area (Å²) in [5.74, 6) is -0.934. The monoisotopic (exact) mass is 137 g/mol. The van der Waals surface area contributed by atoms with Gasteiger partial charge in [0.15, 0.2) is 0 Å². The minimum Gasteiger partial charge on any atom is -0.478 e. The second kappa shape index (κ2) is 2.39. The van der Waals surface area contributed by atoms with Crippen LogP contribution in [-0.4, -0.2) is 16.1 Å². The van der Waals surface area contributed by atoms with Crippen LogP contribution in [0.5, 0.6) is 0 Å². The molecule has 0 spiro atoms. The number of H-pyrrole nitrogens is 1. The zero-order valence-corrected chi connectivity index (χ0v) is 5.29. The molecule has 0 fully saturated rings. The summed E-state index contributed by atoms with van der Waals surface area (Å²) in [5, 5.41) is 8.52. The average molecular weight is 137 g/mol. The highest BCUT2D eigenvalue weighted by molar-refractivity contribution is 5.91. The largest absolute Gasteiger partial charge is 0.478 e. The first-order valence-corrected chi connectivity index (χ1v) is 2.78. The molecule has 0 amide bonds. The van der Waals surface area contributed by atoms with Crippen molar-refractivity contribution in [3.05, 3.63) is 30.1 Å². The summed E-state index contributed by atoms with van der Waals surface area (Å²) < 4.78 is 0. The van der Waals surface area contributed by atoms with Crippen LogP contribution < -0.4 is 0 Å². The fraction of sp³-hybridized carbons (Fsp3) is 0. The Morgan fingerprint density at radius 2 is 2.40 bits per heavy atom. The molecule has 0 saturated heterocycles. The molecule has 52 valence electrons. The summed E-state index contributed by atoms with van der Waals surface area (Å²) in [4.78, 5) is 13.1. The van der Waals surface area contributed by atoms with Crippen molar-refractivity contribution >= 4 is 12.0 Å². The van der Waals surface area contributed by atoms with Gasteiger partial charge in [0.1, 0.15) is 0 Å². The van der Waals surface area contributed by atoms with E-state index in [1.54, 1.807) is 6.20 Å². The van der Waals surface area contributed by atoms with E-state index in [9.17, 15) is 4.79 Å². The molecule has 0 aliphatic carbocycles. The second-order valence-electron chi connectivity index (χ2n) is 1.83. The molecule has 0 radical (unpaired) electrons. The fourth-order valence-corrected chi connectivity index (χ4v) is 0.730. The van der Waals surface area contributed by atoms with Crippen molar-refractivity contribution in [2.75, 3.05) is 0 Å². The third-order valence-electron chi connectivity index (χ3n) is 1.23. The van der Waals surface area contributed by atoms with Crippen LogP contribution in [0.2, 0.25) is 0 Å². The van der Waals surface area contributed by atoms with Crippen LogP contribution in [0.25, 0.3) is 6.08 Å². The lowest BCUT2D eigenvalue weighted by Gasteiger charge is -1.87. The molecular weight excluding hydrogens is 130 g/mol. The maximum Gasteiger partial charge on any atom is 0.337 e. The lowest BCUT2D eigenvalue weighted by molar-refractivity contribution is 0.0697. The minimum atomic E-state index is -0.934. The molecule has 3 heteroatoms. The molecule has 1 heterocycles. The van der Waals surface area contributed by atoms with Crippen LogP contribution in [0.4, 0.5) is 0 Å². The van der Waals surface area contributed by atoms with Gasteiger partial charge in [-0.2, -0.15) is 0 Å².